The molecule has 5 nitrogen and oxygen atoms in total. The Hall–Kier alpha value is 0.0100. The molecular formula is C17H15I3O5S. The van der Waals surface area contributed by atoms with Gasteiger partial charge >= 0.3 is 5.97 Å². The van der Waals surface area contributed by atoms with Crippen molar-refractivity contribution in [1.82, 2.24) is 0 Å². The minimum Gasteiger partial charge on any atom is -0.422 e. The predicted molar refractivity (Wildman–Crippen MR) is 125 cm³/mol. The molecule has 2 rings (SSSR count). The molecule has 0 atom stereocenters. The van der Waals surface area contributed by atoms with E-state index in [0.29, 0.717) is 16.9 Å². The molecule has 0 saturated carbocycles. The van der Waals surface area contributed by atoms with Crippen LogP contribution in [-0.2, 0) is 10.1 Å². The normalized spacial score (nSPS) is 11.7. The van der Waals surface area contributed by atoms with Crippen LogP contribution >= 0.6 is 67.8 Å². The van der Waals surface area contributed by atoms with Gasteiger partial charge in [0.15, 0.2) is 0 Å². The molecule has 140 valence electrons. The molecule has 2 aromatic carbocycles. The third kappa shape index (κ3) is 4.89. The summed E-state index contributed by atoms with van der Waals surface area (Å²) in [6.45, 7) is 5.19. The molecule has 0 radical (unpaired) electrons. The highest BCUT2D eigenvalue weighted by molar-refractivity contribution is 14.1. The fourth-order valence-corrected chi connectivity index (χ4v) is 5.24. The quantitative estimate of drug-likeness (QED) is 0.151. The summed E-state index contributed by atoms with van der Waals surface area (Å²) in [5, 5.41) is 0. The van der Waals surface area contributed by atoms with Crippen molar-refractivity contribution in [2.24, 2.45) is 0 Å². The van der Waals surface area contributed by atoms with Crippen LogP contribution in [0.25, 0.3) is 0 Å². The van der Waals surface area contributed by atoms with Crippen molar-refractivity contribution < 1.29 is 22.5 Å². The molecule has 0 aliphatic heterocycles. The van der Waals surface area contributed by atoms with Crippen molar-refractivity contribution in [1.29, 1.82) is 0 Å². The lowest BCUT2D eigenvalue weighted by molar-refractivity contribution is 0.0732. The first-order valence-corrected chi connectivity index (χ1v) is 12.1. The Morgan fingerprint density at radius 1 is 1.12 bits per heavy atom. The summed E-state index contributed by atoms with van der Waals surface area (Å²) < 4.78 is 41.2. The number of esters is 1. The van der Waals surface area contributed by atoms with Crippen LogP contribution in [0.1, 0.15) is 41.3 Å². The molecule has 9 heteroatoms. The van der Waals surface area contributed by atoms with Gasteiger partial charge in [-0.2, -0.15) is 8.42 Å². The van der Waals surface area contributed by atoms with Gasteiger partial charge in [-0.05, 0) is 116 Å². The molecule has 0 saturated heterocycles. The van der Waals surface area contributed by atoms with E-state index in [-0.39, 0.29) is 16.4 Å². The van der Waals surface area contributed by atoms with E-state index in [1.165, 1.54) is 12.1 Å². The molecule has 2 aromatic rings. The average Bonchev–Trinajstić information content (AvgIpc) is 2.53. The van der Waals surface area contributed by atoms with Crippen molar-refractivity contribution in [3.05, 3.63) is 51.7 Å². The molecule has 1 N–H and O–H groups in total. The van der Waals surface area contributed by atoms with Gasteiger partial charge in [0, 0.05) is 7.14 Å². The number of benzene rings is 2. The number of carbonyl (C=O) groups is 1. The third-order valence-corrected chi connectivity index (χ3v) is 9.74. The van der Waals surface area contributed by atoms with Gasteiger partial charge < -0.3 is 4.74 Å². The molecule has 0 bridgehead atoms. The zero-order chi connectivity index (χ0) is 19.8. The van der Waals surface area contributed by atoms with E-state index in [1.807, 2.05) is 6.07 Å². The lowest BCUT2D eigenvalue weighted by Gasteiger charge is -2.15. The summed E-state index contributed by atoms with van der Waals surface area (Å²) in [5.74, 6) is -0.315. The van der Waals surface area contributed by atoms with E-state index in [4.69, 9.17) is 4.74 Å². The minimum atomic E-state index is -4.37. The van der Waals surface area contributed by atoms with E-state index >= 15 is 0 Å². The zero-order valence-electron chi connectivity index (χ0n) is 14.0. The SMILES string of the molecule is Cc1cc(S(=O)(=O)O)c(C(C)C)cc1C(=O)Oc1ccc(I)c(I)c1I. The molecule has 0 heterocycles. The van der Waals surface area contributed by atoms with E-state index < -0.39 is 16.1 Å². The number of hydrogen-bond acceptors (Lipinski definition) is 4. The molecule has 0 aromatic heterocycles. The topological polar surface area (TPSA) is 80.7 Å². The van der Waals surface area contributed by atoms with Gasteiger partial charge in [-0.3, -0.25) is 4.55 Å². The van der Waals surface area contributed by atoms with Crippen LogP contribution in [0.15, 0.2) is 29.2 Å². The van der Waals surface area contributed by atoms with Gasteiger partial charge in [-0.25, -0.2) is 4.79 Å². The van der Waals surface area contributed by atoms with Crippen molar-refractivity contribution >= 4 is 83.9 Å². The maximum absolute atomic E-state index is 12.7. The summed E-state index contributed by atoms with van der Waals surface area (Å²) >= 11 is 6.52. The average molecular weight is 712 g/mol. The summed E-state index contributed by atoms with van der Waals surface area (Å²) in [5.41, 5.74) is 1.06. The second kappa shape index (κ2) is 8.57. The molecule has 26 heavy (non-hydrogen) atoms. The number of rotatable bonds is 4. The first-order chi connectivity index (χ1) is 11.9. The Labute approximate surface area is 193 Å². The fourth-order valence-electron chi connectivity index (χ4n) is 2.33. The van der Waals surface area contributed by atoms with Gasteiger partial charge in [0.05, 0.1) is 14.0 Å². The molecular weight excluding hydrogens is 697 g/mol. The van der Waals surface area contributed by atoms with Gasteiger partial charge in [-0.1, -0.05) is 13.8 Å². The Bertz CT molecular complexity index is 984. The molecule has 0 aliphatic carbocycles. The number of aryl methyl sites for hydroxylation is 1. The standard InChI is InChI=1S/C17H15I3O5S/c1-8(2)10-7-11(9(3)6-14(10)26(22,23)24)17(21)25-13-5-4-12(18)15(19)16(13)20/h4-8H,1-3H3,(H,22,23,24). The number of hydrogen-bond donors (Lipinski definition) is 1. The van der Waals surface area contributed by atoms with Crippen LogP contribution in [0.4, 0.5) is 0 Å². The van der Waals surface area contributed by atoms with Gasteiger partial charge in [-0.15, -0.1) is 0 Å². The van der Waals surface area contributed by atoms with Crippen molar-refractivity contribution in [3.8, 4) is 5.75 Å². The van der Waals surface area contributed by atoms with Crippen LogP contribution in [0, 0.1) is 17.6 Å². The van der Waals surface area contributed by atoms with Crippen LogP contribution in [0.2, 0.25) is 0 Å². The maximum atomic E-state index is 12.7. The smallest absolute Gasteiger partial charge is 0.343 e. The Balaban J connectivity index is 2.50. The number of ether oxygens (including phenoxy) is 1. The fraction of sp³-hybridized carbons (Fsp3) is 0.235. The molecule has 0 unspecified atom stereocenters. The van der Waals surface area contributed by atoms with Gasteiger partial charge in [0.2, 0.25) is 0 Å². The molecule has 0 spiro atoms. The highest BCUT2D eigenvalue weighted by Crippen LogP contribution is 2.31. The summed E-state index contributed by atoms with van der Waals surface area (Å²) in [7, 11) is -4.37. The highest BCUT2D eigenvalue weighted by atomic mass is 127. The van der Waals surface area contributed by atoms with Crippen molar-refractivity contribution in [2.45, 2.75) is 31.6 Å². The van der Waals surface area contributed by atoms with Crippen LogP contribution in [0.3, 0.4) is 0 Å². The van der Waals surface area contributed by atoms with Gasteiger partial charge in [0.1, 0.15) is 5.75 Å². The van der Waals surface area contributed by atoms with Crippen molar-refractivity contribution in [2.75, 3.05) is 0 Å². The largest absolute Gasteiger partial charge is 0.422 e. The first-order valence-electron chi connectivity index (χ1n) is 7.41. The first kappa shape index (κ1) is 22.3. The summed E-state index contributed by atoms with van der Waals surface area (Å²) in [4.78, 5) is 12.5. The van der Waals surface area contributed by atoms with E-state index in [1.54, 1.807) is 26.8 Å². The molecule has 0 aliphatic rings. The van der Waals surface area contributed by atoms with E-state index in [9.17, 15) is 17.8 Å². The lowest BCUT2D eigenvalue weighted by atomic mass is 9.97. The van der Waals surface area contributed by atoms with E-state index in [2.05, 4.69) is 67.8 Å². The Kier molecular flexibility index (Phi) is 7.35. The zero-order valence-corrected chi connectivity index (χ0v) is 21.3. The second-order valence-corrected chi connectivity index (χ2v) is 10.6. The summed E-state index contributed by atoms with van der Waals surface area (Å²) in [6.07, 6.45) is 0. The van der Waals surface area contributed by atoms with Crippen LogP contribution in [-0.4, -0.2) is 18.9 Å². The Morgan fingerprint density at radius 2 is 1.73 bits per heavy atom. The van der Waals surface area contributed by atoms with Crippen LogP contribution in [0.5, 0.6) is 5.75 Å². The molecule has 0 fully saturated rings. The number of halogens is 3. The summed E-state index contributed by atoms with van der Waals surface area (Å²) in [6, 6.07) is 6.38. The van der Waals surface area contributed by atoms with Crippen molar-refractivity contribution in [3.63, 3.8) is 0 Å². The maximum Gasteiger partial charge on any atom is 0.343 e. The van der Waals surface area contributed by atoms with E-state index in [0.717, 1.165) is 10.7 Å². The minimum absolute atomic E-state index is 0.181. The monoisotopic (exact) mass is 712 g/mol. The van der Waals surface area contributed by atoms with Crippen LogP contribution < -0.4 is 4.74 Å². The highest BCUT2D eigenvalue weighted by Gasteiger charge is 2.23. The van der Waals surface area contributed by atoms with Gasteiger partial charge in [0.25, 0.3) is 10.1 Å². The second-order valence-electron chi connectivity index (χ2n) is 5.90. The number of carbonyl (C=O) groups excluding carboxylic acids is 1. The Morgan fingerprint density at radius 3 is 2.27 bits per heavy atom. The predicted octanol–water partition coefficient (Wildman–Crippen LogP) is 5.40. The molecule has 0 amide bonds. The third-order valence-electron chi connectivity index (χ3n) is 3.68. The lowest BCUT2D eigenvalue weighted by Crippen LogP contribution is -2.14.